The van der Waals surface area contributed by atoms with E-state index in [1.54, 1.807) is 41.5 Å². The topological polar surface area (TPSA) is 92.9 Å². The van der Waals surface area contributed by atoms with Crippen LogP contribution in [0.3, 0.4) is 0 Å². The van der Waals surface area contributed by atoms with Crippen molar-refractivity contribution >= 4 is 12.1 Å². The summed E-state index contributed by atoms with van der Waals surface area (Å²) in [6.07, 6.45) is 0.226. The van der Waals surface area contributed by atoms with Gasteiger partial charge in [0.15, 0.2) is 0 Å². The molecule has 0 bridgehead atoms. The lowest BCUT2D eigenvalue weighted by atomic mass is 10.0. The number of carboxylic acids is 1. The summed E-state index contributed by atoms with van der Waals surface area (Å²) in [5.74, 6) is -1.04. The van der Waals surface area contributed by atoms with Crippen LogP contribution in [-0.2, 0) is 9.53 Å². The first kappa shape index (κ1) is 18.7. The first-order valence-electron chi connectivity index (χ1n) is 6.85. The van der Waals surface area contributed by atoms with E-state index >= 15 is 0 Å². The molecule has 0 fully saturated rings. The Hall–Kier alpha value is -1.30. The monoisotopic (exact) mass is 288 g/mol. The molecule has 6 heteroatoms. The Kier molecular flexibility index (Phi) is 6.47. The van der Waals surface area contributed by atoms with Gasteiger partial charge in [-0.05, 0) is 60.9 Å². The van der Waals surface area contributed by atoms with Crippen molar-refractivity contribution in [2.45, 2.75) is 71.6 Å². The largest absolute Gasteiger partial charge is 0.480 e. The maximum absolute atomic E-state index is 12.3. The molecular weight excluding hydrogens is 260 g/mol. The normalized spacial score (nSPS) is 13.8. The highest BCUT2D eigenvalue weighted by Gasteiger charge is 2.39. The van der Waals surface area contributed by atoms with Crippen LogP contribution in [0.4, 0.5) is 4.79 Å². The van der Waals surface area contributed by atoms with Crippen LogP contribution in [-0.4, -0.2) is 45.8 Å². The van der Waals surface area contributed by atoms with Crippen molar-refractivity contribution in [3.8, 4) is 0 Å². The number of nitrogens with zero attached hydrogens (tertiary/aromatic N) is 1. The van der Waals surface area contributed by atoms with Crippen LogP contribution in [0.5, 0.6) is 0 Å². The Balaban J connectivity index is 5.31. The van der Waals surface area contributed by atoms with Gasteiger partial charge in [0.05, 0.1) is 0 Å². The molecule has 0 saturated heterocycles. The number of ether oxygens (including phenoxy) is 1. The molecule has 0 aliphatic carbocycles. The summed E-state index contributed by atoms with van der Waals surface area (Å²) in [4.78, 5) is 25.1. The minimum absolute atomic E-state index is 0.308. The molecule has 0 saturated carbocycles. The summed E-state index contributed by atoms with van der Waals surface area (Å²) in [5.41, 5.74) is 4.11. The molecule has 0 aliphatic heterocycles. The summed E-state index contributed by atoms with van der Waals surface area (Å²) >= 11 is 0. The Morgan fingerprint density at radius 1 is 1.20 bits per heavy atom. The van der Waals surface area contributed by atoms with Crippen molar-refractivity contribution in [3.05, 3.63) is 0 Å². The minimum Gasteiger partial charge on any atom is -0.480 e. The van der Waals surface area contributed by atoms with Gasteiger partial charge < -0.3 is 15.6 Å². The third kappa shape index (κ3) is 6.23. The highest BCUT2D eigenvalue weighted by atomic mass is 16.6. The number of nitrogens with two attached hydrogens (primary N) is 1. The van der Waals surface area contributed by atoms with Crippen molar-refractivity contribution in [3.63, 3.8) is 0 Å². The average Bonchev–Trinajstić information content (AvgIpc) is 2.18. The van der Waals surface area contributed by atoms with Gasteiger partial charge in [0.1, 0.15) is 11.6 Å². The third-order valence-electron chi connectivity index (χ3n) is 2.59. The lowest BCUT2D eigenvalue weighted by Gasteiger charge is -2.40. The van der Waals surface area contributed by atoms with E-state index in [2.05, 4.69) is 0 Å². The molecule has 0 aromatic heterocycles. The van der Waals surface area contributed by atoms with E-state index in [0.717, 1.165) is 0 Å². The molecule has 20 heavy (non-hydrogen) atoms. The molecule has 0 radical (unpaired) electrons. The number of aliphatic carboxylic acids is 1. The number of hydrogen-bond donors (Lipinski definition) is 2. The quantitative estimate of drug-likeness (QED) is 0.809. The second kappa shape index (κ2) is 6.92. The van der Waals surface area contributed by atoms with Gasteiger partial charge in [-0.1, -0.05) is 0 Å². The van der Waals surface area contributed by atoms with Crippen LogP contribution >= 0.6 is 0 Å². The molecule has 118 valence electrons. The van der Waals surface area contributed by atoms with E-state index in [1.165, 1.54) is 4.90 Å². The predicted octanol–water partition coefficient (Wildman–Crippen LogP) is 2.21. The van der Waals surface area contributed by atoms with Crippen molar-refractivity contribution in [1.82, 2.24) is 4.90 Å². The minimum atomic E-state index is -1.04. The highest BCUT2D eigenvalue weighted by molar-refractivity contribution is 5.80. The van der Waals surface area contributed by atoms with E-state index in [0.29, 0.717) is 19.4 Å². The number of carboxylic acid groups (broad SMARTS) is 1. The highest BCUT2D eigenvalue weighted by Crippen LogP contribution is 2.23. The molecule has 1 unspecified atom stereocenters. The SMILES string of the molecule is CC(C)(C)OC(=O)N(C(CCCN)C(=O)O)C(C)(C)C. The van der Waals surface area contributed by atoms with Gasteiger partial charge >= 0.3 is 12.1 Å². The van der Waals surface area contributed by atoms with Gasteiger partial charge in [-0.15, -0.1) is 0 Å². The van der Waals surface area contributed by atoms with Gasteiger partial charge in [-0.3, -0.25) is 4.90 Å². The van der Waals surface area contributed by atoms with Gasteiger partial charge in [-0.25, -0.2) is 9.59 Å². The van der Waals surface area contributed by atoms with Gasteiger partial charge in [0.2, 0.25) is 0 Å². The molecule has 0 aromatic carbocycles. The maximum atomic E-state index is 12.3. The van der Waals surface area contributed by atoms with E-state index < -0.39 is 29.2 Å². The van der Waals surface area contributed by atoms with Crippen LogP contribution in [0, 0.1) is 0 Å². The van der Waals surface area contributed by atoms with Crippen LogP contribution in [0.2, 0.25) is 0 Å². The van der Waals surface area contributed by atoms with Gasteiger partial charge in [0.25, 0.3) is 0 Å². The fraction of sp³-hybridized carbons (Fsp3) is 0.857. The second-order valence-corrected chi connectivity index (χ2v) is 6.81. The average molecular weight is 288 g/mol. The summed E-state index contributed by atoms with van der Waals surface area (Å²) in [5, 5.41) is 9.39. The number of carbonyl (C=O) groups is 2. The van der Waals surface area contributed by atoms with Crippen molar-refractivity contribution in [2.75, 3.05) is 6.54 Å². The zero-order valence-electron chi connectivity index (χ0n) is 13.4. The van der Waals surface area contributed by atoms with Crippen molar-refractivity contribution < 1.29 is 19.4 Å². The molecule has 0 rings (SSSR count). The van der Waals surface area contributed by atoms with Crippen molar-refractivity contribution in [1.29, 1.82) is 0 Å². The second-order valence-electron chi connectivity index (χ2n) is 6.81. The molecule has 0 aromatic rings. The lowest BCUT2D eigenvalue weighted by Crippen LogP contribution is -2.56. The molecule has 0 heterocycles. The zero-order chi connectivity index (χ0) is 16.1. The van der Waals surface area contributed by atoms with E-state index in [-0.39, 0.29) is 0 Å². The Bertz CT molecular complexity index is 342. The first-order chi connectivity index (χ1) is 8.90. The predicted molar refractivity (Wildman–Crippen MR) is 77.5 cm³/mol. The molecule has 1 atom stereocenters. The van der Waals surface area contributed by atoms with Gasteiger partial charge in [0, 0.05) is 5.54 Å². The molecule has 0 aliphatic rings. The van der Waals surface area contributed by atoms with E-state index in [4.69, 9.17) is 10.5 Å². The summed E-state index contributed by atoms with van der Waals surface area (Å²) in [7, 11) is 0. The lowest BCUT2D eigenvalue weighted by molar-refractivity contribution is -0.145. The van der Waals surface area contributed by atoms with Crippen molar-refractivity contribution in [2.24, 2.45) is 5.73 Å². The number of carbonyl (C=O) groups excluding carboxylic acids is 1. The van der Waals surface area contributed by atoms with Gasteiger partial charge in [-0.2, -0.15) is 0 Å². The number of amides is 1. The van der Waals surface area contributed by atoms with E-state index in [9.17, 15) is 14.7 Å². The molecule has 6 nitrogen and oxygen atoms in total. The van der Waals surface area contributed by atoms with Crippen LogP contribution in [0.25, 0.3) is 0 Å². The van der Waals surface area contributed by atoms with Crippen LogP contribution in [0.1, 0.15) is 54.4 Å². The van der Waals surface area contributed by atoms with Crippen LogP contribution in [0.15, 0.2) is 0 Å². The smallest absolute Gasteiger partial charge is 0.411 e. The molecule has 0 spiro atoms. The first-order valence-corrected chi connectivity index (χ1v) is 6.85. The molecule has 3 N–H and O–H groups in total. The molecule has 1 amide bonds. The fourth-order valence-electron chi connectivity index (χ4n) is 1.85. The summed E-state index contributed by atoms with van der Waals surface area (Å²) in [6, 6.07) is -0.937. The van der Waals surface area contributed by atoms with E-state index in [1.807, 2.05) is 0 Å². The summed E-state index contributed by atoms with van der Waals surface area (Å²) < 4.78 is 5.33. The standard InChI is InChI=1S/C14H28N2O4/c1-13(2,3)16(12(19)20-14(4,5)6)10(11(17)18)8-7-9-15/h10H,7-9,15H2,1-6H3,(H,17,18). The summed E-state index contributed by atoms with van der Waals surface area (Å²) in [6.45, 7) is 11.0. The fourth-order valence-corrected chi connectivity index (χ4v) is 1.85. The maximum Gasteiger partial charge on any atom is 0.411 e. The molecular formula is C14H28N2O4. The van der Waals surface area contributed by atoms with Crippen LogP contribution < -0.4 is 5.73 Å². The Morgan fingerprint density at radius 2 is 1.70 bits per heavy atom. The zero-order valence-corrected chi connectivity index (χ0v) is 13.4. The number of rotatable bonds is 5. The number of hydrogen-bond acceptors (Lipinski definition) is 4. The Morgan fingerprint density at radius 3 is 2.00 bits per heavy atom. The Labute approximate surface area is 121 Å². The third-order valence-corrected chi connectivity index (χ3v) is 2.59.